The van der Waals surface area contributed by atoms with Crippen LogP contribution in [0.5, 0.6) is 0 Å². The second-order valence-electron chi connectivity index (χ2n) is 6.84. The molecule has 2 aliphatic rings. The predicted molar refractivity (Wildman–Crippen MR) is 91.7 cm³/mol. The summed E-state index contributed by atoms with van der Waals surface area (Å²) in [5.74, 6) is 0.101. The Labute approximate surface area is 137 Å². The molecule has 0 spiro atoms. The van der Waals surface area contributed by atoms with Crippen LogP contribution in [0, 0.1) is 0 Å². The first-order valence-corrected chi connectivity index (χ1v) is 7.95. The lowest BCUT2D eigenvalue weighted by Crippen LogP contribution is -2.33. The number of rotatable bonds is 3. The molecule has 1 unspecified atom stereocenters. The van der Waals surface area contributed by atoms with Crippen LogP contribution in [0.2, 0.25) is 0 Å². The molecule has 2 heterocycles. The highest BCUT2D eigenvalue weighted by molar-refractivity contribution is 6.07. The molecule has 1 aromatic carbocycles. The number of anilines is 2. The largest absolute Gasteiger partial charge is 0.380 e. The normalized spacial score (nSPS) is 22.2. The fourth-order valence-electron chi connectivity index (χ4n) is 3.51. The zero-order valence-corrected chi connectivity index (χ0v) is 13.9. The molecule has 0 aliphatic carbocycles. The lowest BCUT2D eigenvalue weighted by Gasteiger charge is -2.18. The average Bonchev–Trinajstić information content (AvgIpc) is 3.06. The molecule has 2 aliphatic heterocycles. The summed E-state index contributed by atoms with van der Waals surface area (Å²) in [4.78, 5) is 27.5. The number of likely N-dealkylation sites (N-methyl/N-ethyl adjacent to an activating group) is 1. The van der Waals surface area contributed by atoms with E-state index < -0.39 is 5.41 Å². The molecule has 0 radical (unpaired) electrons. The number of benzene rings is 1. The summed E-state index contributed by atoms with van der Waals surface area (Å²) in [6.07, 6.45) is 2.28. The van der Waals surface area contributed by atoms with Crippen molar-refractivity contribution in [3.63, 3.8) is 0 Å². The Balaban J connectivity index is 1.76. The fourth-order valence-corrected chi connectivity index (χ4v) is 3.51. The van der Waals surface area contributed by atoms with Gasteiger partial charge in [-0.25, -0.2) is 0 Å². The number of carbonyl (C=O) groups excluding carboxylic acids is 2. The summed E-state index contributed by atoms with van der Waals surface area (Å²) in [5, 5.41) is 3.48. The van der Waals surface area contributed by atoms with Gasteiger partial charge < -0.3 is 15.1 Å². The van der Waals surface area contributed by atoms with Gasteiger partial charge in [0.25, 0.3) is 0 Å². The molecule has 5 nitrogen and oxygen atoms in total. The van der Waals surface area contributed by atoms with Crippen LogP contribution in [-0.2, 0) is 15.0 Å². The second kappa shape index (κ2) is 5.41. The van der Waals surface area contributed by atoms with Crippen molar-refractivity contribution in [1.82, 2.24) is 4.90 Å². The molecule has 1 aromatic rings. The van der Waals surface area contributed by atoms with Gasteiger partial charge in [-0.05, 0) is 44.0 Å². The Morgan fingerprint density at radius 3 is 2.87 bits per heavy atom. The van der Waals surface area contributed by atoms with Crippen molar-refractivity contribution in [3.8, 4) is 0 Å². The third-order valence-electron chi connectivity index (χ3n) is 4.92. The van der Waals surface area contributed by atoms with Crippen LogP contribution < -0.4 is 10.2 Å². The number of nitrogens with one attached hydrogen (secondary N) is 1. The van der Waals surface area contributed by atoms with Crippen LogP contribution in [0.15, 0.2) is 30.9 Å². The van der Waals surface area contributed by atoms with Crippen LogP contribution in [0.4, 0.5) is 11.4 Å². The van der Waals surface area contributed by atoms with Gasteiger partial charge in [-0.3, -0.25) is 9.59 Å². The van der Waals surface area contributed by atoms with E-state index in [4.69, 9.17) is 0 Å². The van der Waals surface area contributed by atoms with Gasteiger partial charge in [-0.1, -0.05) is 12.6 Å². The molecular formula is C18H23N3O2. The van der Waals surface area contributed by atoms with Gasteiger partial charge in [-0.2, -0.15) is 0 Å². The van der Waals surface area contributed by atoms with Crippen molar-refractivity contribution in [1.29, 1.82) is 0 Å². The molecule has 5 heteroatoms. The van der Waals surface area contributed by atoms with Crippen LogP contribution in [0.1, 0.15) is 25.8 Å². The van der Waals surface area contributed by atoms with E-state index in [0.29, 0.717) is 6.54 Å². The van der Waals surface area contributed by atoms with Crippen LogP contribution in [-0.4, -0.2) is 42.9 Å². The molecule has 1 N–H and O–H groups in total. The minimum atomic E-state index is -0.469. The van der Waals surface area contributed by atoms with Crippen molar-refractivity contribution in [3.05, 3.63) is 36.4 Å². The summed E-state index contributed by atoms with van der Waals surface area (Å²) >= 11 is 0. The zero-order valence-electron chi connectivity index (χ0n) is 13.9. The van der Waals surface area contributed by atoms with Crippen molar-refractivity contribution in [2.45, 2.75) is 31.7 Å². The Kier molecular flexibility index (Phi) is 3.66. The average molecular weight is 313 g/mol. The standard InChI is InChI=1S/C18H23N3O2/c1-5-16(22)21-9-8-13(11-21)19-12-6-7-14-15(10-12)20(4)17(23)18(14,2)3/h5-7,10,13,19H,1,8-9,11H2,2-4H3. The Bertz CT molecular complexity index is 681. The maximum absolute atomic E-state index is 12.3. The molecule has 0 aromatic heterocycles. The van der Waals surface area contributed by atoms with E-state index in [-0.39, 0.29) is 17.9 Å². The third-order valence-corrected chi connectivity index (χ3v) is 4.92. The second-order valence-corrected chi connectivity index (χ2v) is 6.84. The van der Waals surface area contributed by atoms with Gasteiger partial charge in [0.15, 0.2) is 0 Å². The molecule has 0 saturated carbocycles. The molecule has 1 atom stereocenters. The van der Waals surface area contributed by atoms with E-state index in [1.807, 2.05) is 39.1 Å². The minimum Gasteiger partial charge on any atom is -0.380 e. The van der Waals surface area contributed by atoms with Gasteiger partial charge in [0.05, 0.1) is 5.41 Å². The quantitative estimate of drug-likeness (QED) is 0.870. The zero-order chi connectivity index (χ0) is 16.8. The van der Waals surface area contributed by atoms with Gasteiger partial charge >= 0.3 is 0 Å². The molecule has 3 rings (SSSR count). The highest BCUT2D eigenvalue weighted by Crippen LogP contribution is 2.42. The SMILES string of the molecule is C=CC(=O)N1CCC(Nc2ccc3c(c2)N(C)C(=O)C3(C)C)C1. The van der Waals surface area contributed by atoms with E-state index in [0.717, 1.165) is 29.9 Å². The monoisotopic (exact) mass is 313 g/mol. The first-order chi connectivity index (χ1) is 10.8. The first-order valence-electron chi connectivity index (χ1n) is 7.95. The number of fused-ring (bicyclic) bond motifs is 1. The maximum Gasteiger partial charge on any atom is 0.246 e. The van der Waals surface area contributed by atoms with E-state index in [2.05, 4.69) is 11.9 Å². The highest BCUT2D eigenvalue weighted by Gasteiger charge is 2.42. The van der Waals surface area contributed by atoms with Crippen molar-refractivity contribution < 1.29 is 9.59 Å². The molecule has 1 saturated heterocycles. The predicted octanol–water partition coefficient (Wildman–Crippen LogP) is 2.14. The number of hydrogen-bond donors (Lipinski definition) is 1. The highest BCUT2D eigenvalue weighted by atomic mass is 16.2. The van der Waals surface area contributed by atoms with E-state index >= 15 is 0 Å². The first kappa shape index (κ1) is 15.6. The van der Waals surface area contributed by atoms with Crippen molar-refractivity contribution in [2.75, 3.05) is 30.4 Å². The molecule has 23 heavy (non-hydrogen) atoms. The van der Waals surface area contributed by atoms with Crippen LogP contribution in [0.3, 0.4) is 0 Å². The Morgan fingerprint density at radius 2 is 2.17 bits per heavy atom. The van der Waals surface area contributed by atoms with Gasteiger partial charge in [-0.15, -0.1) is 0 Å². The number of likely N-dealkylation sites (tertiary alicyclic amines) is 1. The third kappa shape index (κ3) is 2.50. The molecule has 122 valence electrons. The lowest BCUT2D eigenvalue weighted by atomic mass is 9.86. The molecule has 2 amide bonds. The fraction of sp³-hybridized carbons (Fsp3) is 0.444. The Hall–Kier alpha value is -2.30. The maximum atomic E-state index is 12.3. The van der Waals surface area contributed by atoms with E-state index in [1.54, 1.807) is 9.80 Å². The number of hydrogen-bond acceptors (Lipinski definition) is 3. The smallest absolute Gasteiger partial charge is 0.246 e. The lowest BCUT2D eigenvalue weighted by molar-refractivity contribution is -0.125. The Morgan fingerprint density at radius 1 is 1.43 bits per heavy atom. The molecule has 0 bridgehead atoms. The van der Waals surface area contributed by atoms with Gasteiger partial charge in [0.2, 0.25) is 11.8 Å². The topological polar surface area (TPSA) is 52.7 Å². The molecular weight excluding hydrogens is 290 g/mol. The number of nitrogens with zero attached hydrogens (tertiary/aromatic N) is 2. The van der Waals surface area contributed by atoms with Crippen molar-refractivity contribution >= 4 is 23.2 Å². The summed E-state index contributed by atoms with van der Waals surface area (Å²) in [6.45, 7) is 8.88. The van der Waals surface area contributed by atoms with Gasteiger partial charge in [0, 0.05) is 37.6 Å². The number of carbonyl (C=O) groups is 2. The molecule has 1 fully saturated rings. The van der Waals surface area contributed by atoms with Crippen LogP contribution >= 0.6 is 0 Å². The summed E-state index contributed by atoms with van der Waals surface area (Å²) in [6, 6.07) is 6.30. The van der Waals surface area contributed by atoms with Gasteiger partial charge in [0.1, 0.15) is 0 Å². The summed E-state index contributed by atoms with van der Waals surface area (Å²) in [7, 11) is 1.82. The number of amides is 2. The van der Waals surface area contributed by atoms with Crippen molar-refractivity contribution in [2.24, 2.45) is 0 Å². The summed E-state index contributed by atoms with van der Waals surface area (Å²) in [5.41, 5.74) is 2.54. The van der Waals surface area contributed by atoms with Crippen LogP contribution in [0.25, 0.3) is 0 Å². The van der Waals surface area contributed by atoms with E-state index in [9.17, 15) is 9.59 Å². The summed E-state index contributed by atoms with van der Waals surface area (Å²) < 4.78 is 0. The van der Waals surface area contributed by atoms with E-state index in [1.165, 1.54) is 6.08 Å². The minimum absolute atomic E-state index is 0.0182.